The van der Waals surface area contributed by atoms with Gasteiger partial charge < -0.3 is 5.73 Å². The highest BCUT2D eigenvalue weighted by atomic mass is 79.9. The summed E-state index contributed by atoms with van der Waals surface area (Å²) in [7, 11) is 2.24. The second-order valence-corrected chi connectivity index (χ2v) is 6.70. The molecule has 0 spiro atoms. The first kappa shape index (κ1) is 15.0. The fourth-order valence-corrected chi connectivity index (χ4v) is 3.61. The van der Waals surface area contributed by atoms with E-state index in [4.69, 9.17) is 5.73 Å². The van der Waals surface area contributed by atoms with Crippen molar-refractivity contribution in [2.24, 2.45) is 11.7 Å². The lowest BCUT2D eigenvalue weighted by Gasteiger charge is -2.37. The molecule has 106 valence electrons. The summed E-state index contributed by atoms with van der Waals surface area (Å²) in [5.41, 5.74) is 8.61. The van der Waals surface area contributed by atoms with Gasteiger partial charge in [-0.25, -0.2) is 0 Å². The maximum atomic E-state index is 5.93. The van der Waals surface area contributed by atoms with Crippen molar-refractivity contribution in [3.05, 3.63) is 33.8 Å². The molecule has 1 saturated carbocycles. The molecular weight excluding hydrogens is 300 g/mol. The number of hydrogen-bond acceptors (Lipinski definition) is 2. The summed E-state index contributed by atoms with van der Waals surface area (Å²) in [5, 5.41) is 0. The Hall–Kier alpha value is -0.380. The van der Waals surface area contributed by atoms with Gasteiger partial charge in [-0.2, -0.15) is 0 Å². The normalized spacial score (nSPS) is 23.8. The molecule has 2 nitrogen and oxygen atoms in total. The van der Waals surface area contributed by atoms with Crippen molar-refractivity contribution in [3.8, 4) is 0 Å². The maximum absolute atomic E-state index is 5.93. The fourth-order valence-electron chi connectivity index (χ4n) is 3.18. The summed E-state index contributed by atoms with van der Waals surface area (Å²) in [5.74, 6) is 0.674. The van der Waals surface area contributed by atoms with Gasteiger partial charge in [0.1, 0.15) is 0 Å². The smallest absolute Gasteiger partial charge is 0.0234 e. The molecule has 0 aromatic heterocycles. The Labute approximate surface area is 125 Å². The highest BCUT2D eigenvalue weighted by molar-refractivity contribution is 9.10. The summed E-state index contributed by atoms with van der Waals surface area (Å²) < 4.78 is 1.21. The molecule has 0 aliphatic heterocycles. The Morgan fingerprint density at radius 3 is 2.74 bits per heavy atom. The topological polar surface area (TPSA) is 29.3 Å². The summed E-state index contributed by atoms with van der Waals surface area (Å²) in [6.45, 7) is 3.97. The molecule has 2 N–H and O–H groups in total. The summed E-state index contributed by atoms with van der Waals surface area (Å²) in [6, 6.07) is 7.32. The first-order valence-electron chi connectivity index (χ1n) is 7.27. The van der Waals surface area contributed by atoms with Crippen molar-refractivity contribution < 1.29 is 0 Å². The molecule has 1 aliphatic carbocycles. The zero-order valence-electron chi connectivity index (χ0n) is 12.0. The number of hydrogen-bond donors (Lipinski definition) is 1. The van der Waals surface area contributed by atoms with Gasteiger partial charge in [-0.3, -0.25) is 4.90 Å². The number of nitrogens with two attached hydrogens (primary N) is 1. The Bertz CT molecular complexity index is 419. The van der Waals surface area contributed by atoms with Crippen molar-refractivity contribution in [1.29, 1.82) is 0 Å². The Kier molecular flexibility index (Phi) is 5.43. The highest BCUT2D eigenvalue weighted by Gasteiger charge is 2.27. The molecule has 1 fully saturated rings. The molecule has 0 amide bonds. The molecule has 1 aliphatic rings. The lowest BCUT2D eigenvalue weighted by atomic mass is 9.83. The second kappa shape index (κ2) is 6.87. The minimum Gasteiger partial charge on any atom is -0.330 e. The molecule has 3 heteroatoms. The Morgan fingerprint density at radius 2 is 2.05 bits per heavy atom. The van der Waals surface area contributed by atoms with Crippen LogP contribution in [0.5, 0.6) is 0 Å². The van der Waals surface area contributed by atoms with Crippen LogP contribution in [0.25, 0.3) is 0 Å². The number of halogens is 1. The van der Waals surface area contributed by atoms with E-state index in [9.17, 15) is 0 Å². The lowest BCUT2D eigenvalue weighted by molar-refractivity contribution is 0.127. The molecular formula is C16H25BrN2. The monoisotopic (exact) mass is 324 g/mol. The van der Waals surface area contributed by atoms with Gasteiger partial charge in [-0.1, -0.05) is 40.9 Å². The second-order valence-electron chi connectivity index (χ2n) is 5.85. The van der Waals surface area contributed by atoms with Crippen LogP contribution in [0.4, 0.5) is 0 Å². The first-order chi connectivity index (χ1) is 9.11. The predicted molar refractivity (Wildman–Crippen MR) is 85.1 cm³/mol. The lowest BCUT2D eigenvalue weighted by Crippen LogP contribution is -2.42. The van der Waals surface area contributed by atoms with E-state index >= 15 is 0 Å². The zero-order chi connectivity index (χ0) is 13.8. The van der Waals surface area contributed by atoms with E-state index in [1.807, 2.05) is 0 Å². The van der Waals surface area contributed by atoms with E-state index in [-0.39, 0.29) is 0 Å². The molecule has 0 heterocycles. The van der Waals surface area contributed by atoms with Crippen molar-refractivity contribution >= 4 is 15.9 Å². The molecule has 0 saturated heterocycles. The van der Waals surface area contributed by atoms with E-state index in [0.717, 1.165) is 13.1 Å². The third kappa shape index (κ3) is 3.80. The van der Waals surface area contributed by atoms with Gasteiger partial charge in [0.05, 0.1) is 0 Å². The third-order valence-corrected chi connectivity index (χ3v) is 5.26. The van der Waals surface area contributed by atoms with Gasteiger partial charge in [0.15, 0.2) is 0 Å². The number of nitrogens with zero attached hydrogens (tertiary/aromatic N) is 1. The van der Waals surface area contributed by atoms with Gasteiger partial charge in [0.25, 0.3) is 0 Å². The Balaban J connectivity index is 2.02. The van der Waals surface area contributed by atoms with Crippen LogP contribution in [0.2, 0.25) is 0 Å². The van der Waals surface area contributed by atoms with Gasteiger partial charge in [0, 0.05) is 17.1 Å². The highest BCUT2D eigenvalue weighted by Crippen LogP contribution is 2.28. The van der Waals surface area contributed by atoms with E-state index in [1.165, 1.54) is 41.3 Å². The first-order valence-corrected chi connectivity index (χ1v) is 8.06. The number of rotatable bonds is 4. The molecule has 19 heavy (non-hydrogen) atoms. The van der Waals surface area contributed by atoms with Crippen LogP contribution in [-0.4, -0.2) is 24.5 Å². The van der Waals surface area contributed by atoms with Crippen LogP contribution in [0, 0.1) is 12.8 Å². The van der Waals surface area contributed by atoms with Crippen molar-refractivity contribution in [2.75, 3.05) is 13.6 Å². The third-order valence-electron chi connectivity index (χ3n) is 4.41. The van der Waals surface area contributed by atoms with Crippen molar-refractivity contribution in [1.82, 2.24) is 4.90 Å². The molecule has 2 rings (SSSR count). The average Bonchev–Trinajstić information content (AvgIpc) is 2.43. The van der Waals surface area contributed by atoms with Crippen LogP contribution in [0.15, 0.2) is 22.7 Å². The SMILES string of the molecule is Cc1ccc(CN(C)C2CCCCC2CN)cc1Br. The molecule has 0 bridgehead atoms. The van der Waals surface area contributed by atoms with Crippen LogP contribution in [-0.2, 0) is 6.54 Å². The summed E-state index contributed by atoms with van der Waals surface area (Å²) in [6.07, 6.45) is 5.29. The molecule has 1 aromatic carbocycles. The zero-order valence-corrected chi connectivity index (χ0v) is 13.6. The van der Waals surface area contributed by atoms with E-state index in [2.05, 4.69) is 53.0 Å². The van der Waals surface area contributed by atoms with E-state index < -0.39 is 0 Å². The minimum absolute atomic E-state index is 0.652. The van der Waals surface area contributed by atoms with E-state index in [0.29, 0.717) is 12.0 Å². The maximum Gasteiger partial charge on any atom is 0.0234 e. The van der Waals surface area contributed by atoms with Crippen LogP contribution >= 0.6 is 15.9 Å². The van der Waals surface area contributed by atoms with Gasteiger partial charge in [0.2, 0.25) is 0 Å². The van der Waals surface area contributed by atoms with E-state index in [1.54, 1.807) is 0 Å². The minimum atomic E-state index is 0.652. The van der Waals surface area contributed by atoms with Gasteiger partial charge in [-0.15, -0.1) is 0 Å². The number of aryl methyl sites for hydroxylation is 1. The van der Waals surface area contributed by atoms with Crippen molar-refractivity contribution in [2.45, 2.75) is 45.2 Å². The average molecular weight is 325 g/mol. The van der Waals surface area contributed by atoms with Crippen LogP contribution in [0.3, 0.4) is 0 Å². The molecule has 0 radical (unpaired) electrons. The Morgan fingerprint density at radius 1 is 1.32 bits per heavy atom. The largest absolute Gasteiger partial charge is 0.330 e. The quantitative estimate of drug-likeness (QED) is 0.914. The van der Waals surface area contributed by atoms with Crippen LogP contribution < -0.4 is 5.73 Å². The van der Waals surface area contributed by atoms with Crippen LogP contribution in [0.1, 0.15) is 36.8 Å². The summed E-state index contributed by atoms with van der Waals surface area (Å²) in [4.78, 5) is 2.49. The van der Waals surface area contributed by atoms with Gasteiger partial charge in [-0.05, 0) is 56.5 Å². The predicted octanol–water partition coefficient (Wildman–Crippen LogP) is 3.71. The molecule has 1 aromatic rings. The standard InChI is InChI=1S/C16H25BrN2/c1-12-7-8-13(9-15(12)17)11-19(2)16-6-4-3-5-14(16)10-18/h7-9,14,16H,3-6,10-11,18H2,1-2H3. The fraction of sp³-hybridized carbons (Fsp3) is 0.625. The van der Waals surface area contributed by atoms with Crippen molar-refractivity contribution in [3.63, 3.8) is 0 Å². The summed E-state index contributed by atoms with van der Waals surface area (Å²) >= 11 is 3.62. The molecule has 2 unspecified atom stereocenters. The number of benzene rings is 1. The van der Waals surface area contributed by atoms with Gasteiger partial charge >= 0.3 is 0 Å². The molecule has 2 atom stereocenters.